The SMILES string of the molecule is Cc1ccc(C=NNC(=O)c2ccc(Cl)cc2)o1. The van der Waals surface area contributed by atoms with E-state index in [1.54, 1.807) is 30.3 Å². The van der Waals surface area contributed by atoms with Crippen LogP contribution in [0.3, 0.4) is 0 Å². The molecule has 1 heterocycles. The predicted molar refractivity (Wildman–Crippen MR) is 70.0 cm³/mol. The molecule has 0 saturated carbocycles. The van der Waals surface area contributed by atoms with Crippen LogP contribution in [0.1, 0.15) is 21.9 Å². The van der Waals surface area contributed by atoms with Crippen molar-refractivity contribution in [1.29, 1.82) is 0 Å². The van der Waals surface area contributed by atoms with Crippen molar-refractivity contribution < 1.29 is 9.21 Å². The van der Waals surface area contributed by atoms with Crippen molar-refractivity contribution >= 4 is 23.7 Å². The van der Waals surface area contributed by atoms with Gasteiger partial charge in [-0.1, -0.05) is 11.6 Å². The normalized spacial score (nSPS) is 10.8. The molecule has 0 aliphatic heterocycles. The zero-order chi connectivity index (χ0) is 13.0. The van der Waals surface area contributed by atoms with Gasteiger partial charge in [0.2, 0.25) is 0 Å². The number of halogens is 1. The highest BCUT2D eigenvalue weighted by molar-refractivity contribution is 6.30. The summed E-state index contributed by atoms with van der Waals surface area (Å²) in [4.78, 5) is 11.7. The largest absolute Gasteiger partial charge is 0.460 e. The third-order valence-electron chi connectivity index (χ3n) is 2.23. The van der Waals surface area contributed by atoms with Gasteiger partial charge in [-0.15, -0.1) is 0 Å². The van der Waals surface area contributed by atoms with E-state index in [1.807, 2.05) is 13.0 Å². The Morgan fingerprint density at radius 3 is 2.61 bits per heavy atom. The van der Waals surface area contributed by atoms with Gasteiger partial charge in [0, 0.05) is 10.6 Å². The van der Waals surface area contributed by atoms with E-state index >= 15 is 0 Å². The summed E-state index contributed by atoms with van der Waals surface area (Å²) in [6.45, 7) is 1.84. The van der Waals surface area contributed by atoms with Gasteiger partial charge >= 0.3 is 0 Å². The first-order valence-corrected chi connectivity index (χ1v) is 5.68. The summed E-state index contributed by atoms with van der Waals surface area (Å²) in [7, 11) is 0. The fraction of sp³-hybridized carbons (Fsp3) is 0.0769. The van der Waals surface area contributed by atoms with Crippen LogP contribution in [0.2, 0.25) is 5.02 Å². The fourth-order valence-corrected chi connectivity index (χ4v) is 1.47. The van der Waals surface area contributed by atoms with Crippen LogP contribution in [-0.2, 0) is 0 Å². The van der Waals surface area contributed by atoms with Crippen LogP contribution in [0, 0.1) is 6.92 Å². The second-order valence-corrected chi connectivity index (χ2v) is 4.09. The molecule has 1 N–H and O–H groups in total. The van der Waals surface area contributed by atoms with E-state index < -0.39 is 0 Å². The molecule has 18 heavy (non-hydrogen) atoms. The van der Waals surface area contributed by atoms with Gasteiger partial charge in [-0.2, -0.15) is 5.10 Å². The molecule has 4 nitrogen and oxygen atoms in total. The third kappa shape index (κ3) is 3.21. The summed E-state index contributed by atoms with van der Waals surface area (Å²) >= 11 is 5.73. The van der Waals surface area contributed by atoms with Gasteiger partial charge in [-0.05, 0) is 43.3 Å². The second kappa shape index (κ2) is 5.51. The van der Waals surface area contributed by atoms with E-state index in [0.29, 0.717) is 16.3 Å². The highest BCUT2D eigenvalue weighted by Gasteiger charge is 2.03. The predicted octanol–water partition coefficient (Wildman–Crippen LogP) is 3.01. The minimum Gasteiger partial charge on any atom is -0.460 e. The Hall–Kier alpha value is -2.07. The van der Waals surface area contributed by atoms with Crippen molar-refractivity contribution in [3.05, 3.63) is 58.5 Å². The molecule has 0 aliphatic carbocycles. The van der Waals surface area contributed by atoms with E-state index in [1.165, 1.54) is 6.21 Å². The number of hydrazone groups is 1. The van der Waals surface area contributed by atoms with E-state index in [4.69, 9.17) is 16.0 Å². The number of furan rings is 1. The number of benzene rings is 1. The van der Waals surface area contributed by atoms with Crippen LogP contribution in [0.5, 0.6) is 0 Å². The lowest BCUT2D eigenvalue weighted by Crippen LogP contribution is -2.17. The third-order valence-corrected chi connectivity index (χ3v) is 2.48. The zero-order valence-corrected chi connectivity index (χ0v) is 10.4. The maximum Gasteiger partial charge on any atom is 0.271 e. The van der Waals surface area contributed by atoms with Crippen LogP contribution >= 0.6 is 11.6 Å². The summed E-state index contributed by atoms with van der Waals surface area (Å²) in [5.41, 5.74) is 2.90. The first-order valence-electron chi connectivity index (χ1n) is 5.30. The van der Waals surface area contributed by atoms with Crippen molar-refractivity contribution in [2.24, 2.45) is 5.10 Å². The van der Waals surface area contributed by atoms with Crippen LogP contribution in [-0.4, -0.2) is 12.1 Å². The molecule has 1 aromatic heterocycles. The highest BCUT2D eigenvalue weighted by Crippen LogP contribution is 2.09. The van der Waals surface area contributed by atoms with Crippen molar-refractivity contribution in [3.63, 3.8) is 0 Å². The average Bonchev–Trinajstić information content (AvgIpc) is 2.76. The lowest BCUT2D eigenvalue weighted by Gasteiger charge is -1.98. The molecule has 0 atom stereocenters. The number of carbonyl (C=O) groups is 1. The van der Waals surface area contributed by atoms with E-state index in [-0.39, 0.29) is 5.91 Å². The van der Waals surface area contributed by atoms with E-state index in [9.17, 15) is 4.79 Å². The van der Waals surface area contributed by atoms with Crippen LogP contribution in [0.4, 0.5) is 0 Å². The molecular weight excluding hydrogens is 252 g/mol. The molecule has 0 unspecified atom stereocenters. The molecule has 2 rings (SSSR count). The van der Waals surface area contributed by atoms with Crippen LogP contribution in [0.15, 0.2) is 45.9 Å². The van der Waals surface area contributed by atoms with Gasteiger partial charge in [0.15, 0.2) is 0 Å². The molecule has 0 aliphatic rings. The Bertz CT molecular complexity index is 573. The number of aryl methyl sites for hydroxylation is 1. The molecule has 1 amide bonds. The van der Waals surface area contributed by atoms with E-state index in [2.05, 4.69) is 10.5 Å². The number of nitrogens with zero attached hydrogens (tertiary/aromatic N) is 1. The number of rotatable bonds is 3. The Kier molecular flexibility index (Phi) is 3.79. The quantitative estimate of drug-likeness (QED) is 0.683. The first kappa shape index (κ1) is 12.4. The topological polar surface area (TPSA) is 54.6 Å². The van der Waals surface area contributed by atoms with Gasteiger partial charge in [0.05, 0.1) is 6.21 Å². The summed E-state index contributed by atoms with van der Waals surface area (Å²) in [5.74, 6) is 1.08. The number of hydrogen-bond donors (Lipinski definition) is 1. The minimum atomic E-state index is -0.300. The number of hydrogen-bond acceptors (Lipinski definition) is 3. The average molecular weight is 263 g/mol. The number of amides is 1. The molecule has 1 aromatic carbocycles. The number of nitrogens with one attached hydrogen (secondary N) is 1. The summed E-state index contributed by atoms with van der Waals surface area (Å²) in [6.07, 6.45) is 1.45. The summed E-state index contributed by atoms with van der Waals surface area (Å²) in [5, 5.41) is 4.39. The molecule has 5 heteroatoms. The van der Waals surface area contributed by atoms with Crippen LogP contribution in [0.25, 0.3) is 0 Å². The van der Waals surface area contributed by atoms with E-state index in [0.717, 1.165) is 5.76 Å². The van der Waals surface area contributed by atoms with Crippen molar-refractivity contribution in [2.45, 2.75) is 6.92 Å². The molecule has 2 aromatic rings. The molecule has 0 bridgehead atoms. The molecule has 92 valence electrons. The highest BCUT2D eigenvalue weighted by atomic mass is 35.5. The van der Waals surface area contributed by atoms with Crippen molar-refractivity contribution in [1.82, 2.24) is 5.43 Å². The lowest BCUT2D eigenvalue weighted by atomic mass is 10.2. The molecule has 0 radical (unpaired) electrons. The monoisotopic (exact) mass is 262 g/mol. The van der Waals surface area contributed by atoms with Gasteiger partial charge in [-0.25, -0.2) is 5.43 Å². The smallest absolute Gasteiger partial charge is 0.271 e. The maximum absolute atomic E-state index is 11.7. The molecule has 0 spiro atoms. The second-order valence-electron chi connectivity index (χ2n) is 3.65. The maximum atomic E-state index is 11.7. The summed E-state index contributed by atoms with van der Waals surface area (Å²) < 4.78 is 5.27. The Morgan fingerprint density at radius 1 is 1.28 bits per heavy atom. The van der Waals surface area contributed by atoms with Gasteiger partial charge in [-0.3, -0.25) is 4.79 Å². The lowest BCUT2D eigenvalue weighted by molar-refractivity contribution is 0.0955. The van der Waals surface area contributed by atoms with Crippen LogP contribution < -0.4 is 5.43 Å². The van der Waals surface area contributed by atoms with Gasteiger partial charge < -0.3 is 4.42 Å². The first-order chi connectivity index (χ1) is 8.65. The Labute approximate surface area is 109 Å². The summed E-state index contributed by atoms with van der Waals surface area (Å²) in [6, 6.07) is 10.1. The molecular formula is C13H11ClN2O2. The van der Waals surface area contributed by atoms with Crippen molar-refractivity contribution in [2.75, 3.05) is 0 Å². The van der Waals surface area contributed by atoms with Crippen molar-refractivity contribution in [3.8, 4) is 0 Å². The van der Waals surface area contributed by atoms with Gasteiger partial charge in [0.25, 0.3) is 5.91 Å². The Balaban J connectivity index is 1.96. The fourth-order valence-electron chi connectivity index (χ4n) is 1.34. The molecule has 0 fully saturated rings. The minimum absolute atomic E-state index is 0.300. The Morgan fingerprint density at radius 2 is 2.00 bits per heavy atom. The standard InChI is InChI=1S/C13H11ClN2O2/c1-9-2-7-12(18-9)8-15-16-13(17)10-3-5-11(14)6-4-10/h2-8H,1H3,(H,16,17). The number of carbonyl (C=O) groups excluding carboxylic acids is 1. The zero-order valence-electron chi connectivity index (χ0n) is 9.68. The molecule has 0 saturated heterocycles. The van der Waals surface area contributed by atoms with Gasteiger partial charge in [0.1, 0.15) is 11.5 Å².